The maximum Gasteiger partial charge on any atom is 0.0847 e. The fourth-order valence-corrected chi connectivity index (χ4v) is 0.557. The number of hydrogen-bond acceptors (Lipinski definition) is 3. The van der Waals surface area contributed by atoms with Gasteiger partial charge in [0, 0.05) is 19.0 Å². The summed E-state index contributed by atoms with van der Waals surface area (Å²) in [6.07, 6.45) is 0. The largest absolute Gasteiger partial charge is 0.393 e. The van der Waals surface area contributed by atoms with Crippen molar-refractivity contribution < 1.29 is 0 Å². The first-order chi connectivity index (χ1) is 4.66. The Morgan fingerprint density at radius 3 is 2.45 bits per heavy atom. The third kappa shape index (κ3) is 9.50. The normalized spacial score (nSPS) is 8.36. The van der Waals surface area contributed by atoms with E-state index in [4.69, 9.17) is 5.73 Å². The van der Waals surface area contributed by atoms with Crippen molar-refractivity contribution in [3.05, 3.63) is 5.70 Å². The molecule has 0 saturated heterocycles. The molecule has 0 unspecified atom stereocenters. The smallest absolute Gasteiger partial charge is 0.0847 e. The van der Waals surface area contributed by atoms with Gasteiger partial charge >= 0.3 is 0 Å². The lowest BCUT2D eigenvalue weighted by molar-refractivity contribution is 0.445. The van der Waals surface area contributed by atoms with Crippen LogP contribution >= 0.6 is 12.4 Å². The van der Waals surface area contributed by atoms with Gasteiger partial charge in [0.1, 0.15) is 0 Å². The molecule has 3 nitrogen and oxygen atoms in total. The Kier molecular flexibility index (Phi) is 9.07. The molecule has 4 heteroatoms. The molecule has 0 aliphatic heterocycles. The first kappa shape index (κ1) is 13.1. The van der Waals surface area contributed by atoms with Crippen molar-refractivity contribution in [2.75, 3.05) is 27.2 Å². The first-order valence-electron chi connectivity index (χ1n) is 3.35. The molecule has 0 bridgehead atoms. The second-order valence-electron chi connectivity index (χ2n) is 2.35. The lowest BCUT2D eigenvalue weighted by Crippen LogP contribution is -2.19. The monoisotopic (exact) mass is 177 g/mol. The average molecular weight is 178 g/mol. The zero-order valence-electron chi connectivity index (χ0n) is 7.29. The zero-order chi connectivity index (χ0) is 7.98. The van der Waals surface area contributed by atoms with Crippen LogP contribution in [0.15, 0.2) is 10.7 Å². The third-order valence-electron chi connectivity index (χ3n) is 0.867. The summed E-state index contributed by atoms with van der Waals surface area (Å²) < 4.78 is 0. The summed E-state index contributed by atoms with van der Waals surface area (Å²) >= 11 is 0. The van der Waals surface area contributed by atoms with E-state index in [-0.39, 0.29) is 12.4 Å². The number of nitrogens with two attached hydrogens (primary N) is 1. The van der Waals surface area contributed by atoms with E-state index in [0.29, 0.717) is 5.70 Å². The van der Waals surface area contributed by atoms with Crippen LogP contribution in [0.3, 0.4) is 0 Å². The molecule has 0 radical (unpaired) electrons. The molecule has 0 rings (SSSR count). The highest BCUT2D eigenvalue weighted by atomic mass is 35.5. The summed E-state index contributed by atoms with van der Waals surface area (Å²) in [5.74, 6) is 2.74. The minimum Gasteiger partial charge on any atom is -0.393 e. The van der Waals surface area contributed by atoms with E-state index in [1.807, 2.05) is 25.9 Å². The number of halogens is 1. The fourth-order valence-electron chi connectivity index (χ4n) is 0.557. The van der Waals surface area contributed by atoms with Crippen molar-refractivity contribution in [3.63, 3.8) is 0 Å². The van der Waals surface area contributed by atoms with Gasteiger partial charge in [-0.3, -0.25) is 0 Å². The van der Waals surface area contributed by atoms with E-state index in [1.54, 1.807) is 0 Å². The minimum absolute atomic E-state index is 0. The van der Waals surface area contributed by atoms with Gasteiger partial charge in [-0.25, -0.2) is 4.99 Å². The van der Waals surface area contributed by atoms with Gasteiger partial charge in [0.2, 0.25) is 0 Å². The fraction of sp³-hybridized carbons (Fsp3) is 0.714. The molecule has 0 heterocycles. The molecular formula is C7H16ClN3. The topological polar surface area (TPSA) is 41.6 Å². The van der Waals surface area contributed by atoms with Crippen molar-refractivity contribution in [1.29, 1.82) is 0 Å². The van der Waals surface area contributed by atoms with Crippen molar-refractivity contribution >= 4 is 18.3 Å². The summed E-state index contributed by atoms with van der Waals surface area (Å²) in [7, 11) is 3.92. The average Bonchev–Trinajstić information content (AvgIpc) is 1.82. The van der Waals surface area contributed by atoms with Crippen LogP contribution in [0.4, 0.5) is 0 Å². The molecule has 0 fully saturated rings. The van der Waals surface area contributed by atoms with E-state index in [1.165, 1.54) is 0 Å². The van der Waals surface area contributed by atoms with E-state index in [9.17, 15) is 0 Å². The van der Waals surface area contributed by atoms with Crippen LogP contribution in [-0.2, 0) is 0 Å². The van der Waals surface area contributed by atoms with Gasteiger partial charge in [-0.1, -0.05) is 0 Å². The number of hydrogen-bond donors (Lipinski definition) is 1. The van der Waals surface area contributed by atoms with E-state index >= 15 is 0 Å². The number of aliphatic imine (C=N–C) groups is 1. The molecular weight excluding hydrogens is 162 g/mol. The van der Waals surface area contributed by atoms with Crippen LogP contribution in [0.1, 0.15) is 6.92 Å². The molecule has 0 saturated carbocycles. The number of likely N-dealkylation sites (N-methyl/N-ethyl adjacent to an activating group) is 1. The van der Waals surface area contributed by atoms with E-state index < -0.39 is 0 Å². The molecule has 0 spiro atoms. The predicted molar refractivity (Wildman–Crippen MR) is 51.5 cm³/mol. The van der Waals surface area contributed by atoms with Gasteiger partial charge in [-0.15, -0.1) is 12.4 Å². The van der Waals surface area contributed by atoms with E-state index in [2.05, 4.69) is 10.9 Å². The molecule has 11 heavy (non-hydrogen) atoms. The highest BCUT2D eigenvalue weighted by Gasteiger charge is 1.89. The minimum atomic E-state index is 0. The lowest BCUT2D eigenvalue weighted by atomic mass is 10.5. The van der Waals surface area contributed by atoms with E-state index in [0.717, 1.165) is 13.1 Å². The molecule has 0 atom stereocenters. The first-order valence-corrected chi connectivity index (χ1v) is 3.35. The molecule has 2 N–H and O–H groups in total. The van der Waals surface area contributed by atoms with Crippen LogP contribution in [0.25, 0.3) is 0 Å². The summed E-state index contributed by atoms with van der Waals surface area (Å²) in [4.78, 5) is 5.87. The van der Waals surface area contributed by atoms with Crippen molar-refractivity contribution in [2.45, 2.75) is 6.92 Å². The highest BCUT2D eigenvalue weighted by Crippen LogP contribution is 1.79. The number of rotatable bonds is 3. The van der Waals surface area contributed by atoms with Crippen LogP contribution in [0, 0.1) is 0 Å². The van der Waals surface area contributed by atoms with Crippen molar-refractivity contribution in [1.82, 2.24) is 4.90 Å². The Balaban J connectivity index is 0. The predicted octanol–water partition coefficient (Wildman–Crippen LogP) is 0.502. The Hall–Kier alpha value is -0.500. The summed E-state index contributed by atoms with van der Waals surface area (Å²) in [5.41, 5.74) is 6.22. The molecule has 66 valence electrons. The standard InChI is InChI=1S/C7H15N3.ClH/c1-4-9-5-7(8)6-10(2)3;/h4,6,8H2,1-3H3;1H. The maximum absolute atomic E-state index is 5.53. The van der Waals surface area contributed by atoms with Crippen LogP contribution in [0.5, 0.6) is 0 Å². The Labute approximate surface area is 74.4 Å². The Morgan fingerprint density at radius 2 is 2.09 bits per heavy atom. The van der Waals surface area contributed by atoms with Gasteiger partial charge in [0.05, 0.1) is 5.70 Å². The Bertz CT molecular complexity index is 148. The summed E-state index contributed by atoms with van der Waals surface area (Å²) in [5, 5.41) is 0. The summed E-state index contributed by atoms with van der Waals surface area (Å²) in [6, 6.07) is 0. The molecule has 0 aliphatic rings. The molecule has 0 aliphatic carbocycles. The van der Waals surface area contributed by atoms with Gasteiger partial charge in [0.15, 0.2) is 0 Å². The maximum atomic E-state index is 5.53. The van der Waals surface area contributed by atoms with Crippen LogP contribution < -0.4 is 5.73 Å². The molecule has 0 aromatic heterocycles. The van der Waals surface area contributed by atoms with Crippen molar-refractivity contribution in [3.8, 4) is 0 Å². The number of nitrogens with zero attached hydrogens (tertiary/aromatic N) is 2. The van der Waals surface area contributed by atoms with Gasteiger partial charge in [0.25, 0.3) is 0 Å². The van der Waals surface area contributed by atoms with Crippen molar-refractivity contribution in [2.24, 2.45) is 10.7 Å². The Morgan fingerprint density at radius 1 is 1.55 bits per heavy atom. The molecule has 0 amide bonds. The molecule has 0 aromatic rings. The second kappa shape index (κ2) is 7.61. The van der Waals surface area contributed by atoms with Crippen LogP contribution in [0.2, 0.25) is 0 Å². The molecule has 0 aromatic carbocycles. The van der Waals surface area contributed by atoms with Gasteiger partial charge < -0.3 is 10.6 Å². The lowest BCUT2D eigenvalue weighted by Gasteiger charge is -2.05. The summed E-state index contributed by atoms with van der Waals surface area (Å²) in [6.45, 7) is 3.42. The van der Waals surface area contributed by atoms with Crippen LogP contribution in [-0.4, -0.2) is 38.0 Å². The zero-order valence-corrected chi connectivity index (χ0v) is 8.11. The second-order valence-corrected chi connectivity index (χ2v) is 2.35. The SMILES string of the molecule is CCN=C=C(N)CN(C)C.Cl. The highest BCUT2D eigenvalue weighted by molar-refractivity contribution is 5.85. The quantitative estimate of drug-likeness (QED) is 0.639. The third-order valence-corrected chi connectivity index (χ3v) is 0.867. The van der Waals surface area contributed by atoms with Gasteiger partial charge in [-0.2, -0.15) is 0 Å². The van der Waals surface area contributed by atoms with Gasteiger partial charge in [-0.05, 0) is 21.0 Å².